The predicted octanol–water partition coefficient (Wildman–Crippen LogP) is 4.08. The molecule has 0 fully saturated rings. The van der Waals surface area contributed by atoms with Crippen LogP contribution in [0.1, 0.15) is 56.4 Å². The van der Waals surface area contributed by atoms with Gasteiger partial charge in [-0.3, -0.25) is 4.79 Å². The average molecular weight is 243 g/mol. The van der Waals surface area contributed by atoms with Gasteiger partial charge in [0.25, 0.3) is 0 Å². The summed E-state index contributed by atoms with van der Waals surface area (Å²) >= 11 is 0. The smallest absolute Gasteiger partial charge is 0.193 e. The third-order valence-corrected chi connectivity index (χ3v) is 3.50. The summed E-state index contributed by atoms with van der Waals surface area (Å²) in [5.74, 6) is 0.693. The van der Waals surface area contributed by atoms with Gasteiger partial charge in [0.1, 0.15) is 0 Å². The molecule has 0 atom stereocenters. The minimum Gasteiger partial charge on any atom is -0.358 e. The van der Waals surface area contributed by atoms with Gasteiger partial charge >= 0.3 is 0 Å². The van der Waals surface area contributed by atoms with Crippen molar-refractivity contribution in [3.8, 4) is 0 Å². The quantitative estimate of drug-likeness (QED) is 0.847. The first-order valence-corrected chi connectivity index (χ1v) is 6.58. The Morgan fingerprint density at radius 2 is 1.72 bits per heavy atom. The van der Waals surface area contributed by atoms with E-state index in [0.717, 1.165) is 22.2 Å². The van der Waals surface area contributed by atoms with Crippen LogP contribution in [0.25, 0.3) is 10.9 Å². The minimum atomic E-state index is 0.179. The van der Waals surface area contributed by atoms with Gasteiger partial charge in [0.05, 0.1) is 0 Å². The lowest BCUT2D eigenvalue weighted by Gasteiger charge is -2.12. The molecule has 0 spiro atoms. The van der Waals surface area contributed by atoms with E-state index in [2.05, 4.69) is 38.7 Å². The highest BCUT2D eigenvalue weighted by Crippen LogP contribution is 2.21. The summed E-state index contributed by atoms with van der Waals surface area (Å²) in [6, 6.07) is 6.14. The van der Waals surface area contributed by atoms with E-state index in [1.54, 1.807) is 0 Å². The molecule has 0 amide bonds. The van der Waals surface area contributed by atoms with E-state index in [0.29, 0.717) is 5.92 Å². The third-order valence-electron chi connectivity index (χ3n) is 3.50. The number of nitrogens with one attached hydrogen (secondary N) is 1. The van der Waals surface area contributed by atoms with Crippen molar-refractivity contribution < 1.29 is 0 Å². The molecular formula is C16H21NO. The highest BCUT2D eigenvalue weighted by atomic mass is 16.1. The van der Waals surface area contributed by atoms with Crippen molar-refractivity contribution in [2.75, 3.05) is 0 Å². The zero-order valence-electron chi connectivity index (χ0n) is 11.8. The molecular weight excluding hydrogens is 222 g/mol. The molecule has 0 radical (unpaired) electrons. The largest absolute Gasteiger partial charge is 0.358 e. The number of hydrogen-bond acceptors (Lipinski definition) is 1. The summed E-state index contributed by atoms with van der Waals surface area (Å²) in [7, 11) is 0. The fourth-order valence-corrected chi connectivity index (χ4v) is 2.50. The van der Waals surface area contributed by atoms with Crippen LogP contribution < -0.4 is 5.43 Å². The summed E-state index contributed by atoms with van der Waals surface area (Å²) < 4.78 is 0. The van der Waals surface area contributed by atoms with Gasteiger partial charge < -0.3 is 4.98 Å². The minimum absolute atomic E-state index is 0.179. The van der Waals surface area contributed by atoms with Crippen LogP contribution in [0.3, 0.4) is 0 Å². The normalized spacial score (nSPS) is 11.7. The molecule has 2 rings (SSSR count). The molecule has 2 aromatic rings. The Hall–Kier alpha value is -1.57. The van der Waals surface area contributed by atoms with Crippen LogP contribution in [0.4, 0.5) is 0 Å². The molecule has 0 bridgehead atoms. The second kappa shape index (κ2) is 4.60. The zero-order valence-corrected chi connectivity index (χ0v) is 11.8. The molecule has 0 aliphatic heterocycles. The van der Waals surface area contributed by atoms with Crippen LogP contribution in [-0.4, -0.2) is 4.98 Å². The molecule has 96 valence electrons. The Bertz CT molecular complexity index is 635. The maximum Gasteiger partial charge on any atom is 0.193 e. The van der Waals surface area contributed by atoms with Crippen LogP contribution >= 0.6 is 0 Å². The molecule has 1 N–H and O–H groups in total. The van der Waals surface area contributed by atoms with Crippen LogP contribution in [0.2, 0.25) is 0 Å². The van der Waals surface area contributed by atoms with E-state index in [4.69, 9.17) is 0 Å². The van der Waals surface area contributed by atoms with E-state index in [1.807, 2.05) is 19.1 Å². The van der Waals surface area contributed by atoms with Crippen molar-refractivity contribution in [1.82, 2.24) is 4.98 Å². The number of hydrogen-bond donors (Lipinski definition) is 1. The van der Waals surface area contributed by atoms with Gasteiger partial charge in [0.15, 0.2) is 5.43 Å². The highest BCUT2D eigenvalue weighted by molar-refractivity contribution is 5.80. The van der Waals surface area contributed by atoms with Gasteiger partial charge in [0.2, 0.25) is 0 Å². The molecule has 18 heavy (non-hydrogen) atoms. The van der Waals surface area contributed by atoms with E-state index in [9.17, 15) is 4.79 Å². The second-order valence-corrected chi connectivity index (χ2v) is 5.61. The number of H-pyrrole nitrogens is 1. The number of pyridine rings is 1. The van der Waals surface area contributed by atoms with E-state index in [1.165, 1.54) is 5.56 Å². The van der Waals surface area contributed by atoms with Gasteiger partial charge in [-0.05, 0) is 36.5 Å². The lowest BCUT2D eigenvalue weighted by molar-refractivity contribution is 0.837. The molecule has 1 aromatic carbocycles. The standard InChI is InChI=1S/C16H21NO/c1-9(2)12-6-7-14-13(8-12)16(18)15(10(3)4)11(5)17-14/h6-10H,1-5H3,(H,17,18). The van der Waals surface area contributed by atoms with Crippen molar-refractivity contribution in [2.24, 2.45) is 0 Å². The van der Waals surface area contributed by atoms with Crippen molar-refractivity contribution >= 4 is 10.9 Å². The number of rotatable bonds is 2. The molecule has 2 nitrogen and oxygen atoms in total. The monoisotopic (exact) mass is 243 g/mol. The number of aryl methyl sites for hydroxylation is 1. The van der Waals surface area contributed by atoms with Crippen LogP contribution in [0.5, 0.6) is 0 Å². The van der Waals surface area contributed by atoms with E-state index < -0.39 is 0 Å². The molecule has 0 saturated heterocycles. The average Bonchev–Trinajstić information content (AvgIpc) is 2.27. The summed E-state index contributed by atoms with van der Waals surface area (Å²) in [6.07, 6.45) is 0. The Kier molecular flexibility index (Phi) is 3.29. The lowest BCUT2D eigenvalue weighted by atomic mass is 9.96. The first-order chi connectivity index (χ1) is 8.41. The van der Waals surface area contributed by atoms with Gasteiger partial charge in [-0.2, -0.15) is 0 Å². The van der Waals surface area contributed by atoms with E-state index in [-0.39, 0.29) is 11.3 Å². The Balaban J connectivity index is 2.81. The first-order valence-electron chi connectivity index (χ1n) is 6.58. The molecule has 0 aliphatic carbocycles. The molecule has 0 unspecified atom stereocenters. The number of aromatic nitrogens is 1. The molecule has 0 saturated carbocycles. The third kappa shape index (κ3) is 2.07. The fourth-order valence-electron chi connectivity index (χ4n) is 2.50. The van der Waals surface area contributed by atoms with Gasteiger partial charge in [-0.25, -0.2) is 0 Å². The van der Waals surface area contributed by atoms with Crippen molar-refractivity contribution in [1.29, 1.82) is 0 Å². The zero-order chi connectivity index (χ0) is 13.4. The number of benzene rings is 1. The SMILES string of the molecule is Cc1[nH]c2ccc(C(C)C)cc2c(=O)c1C(C)C. The van der Waals surface area contributed by atoms with Crippen molar-refractivity contribution in [3.63, 3.8) is 0 Å². The van der Waals surface area contributed by atoms with E-state index >= 15 is 0 Å². The maximum absolute atomic E-state index is 12.5. The first kappa shape index (κ1) is 12.9. The number of fused-ring (bicyclic) bond motifs is 1. The molecule has 0 aliphatic rings. The fraction of sp³-hybridized carbons (Fsp3) is 0.438. The van der Waals surface area contributed by atoms with Gasteiger partial charge in [-0.1, -0.05) is 33.8 Å². The predicted molar refractivity (Wildman–Crippen MR) is 77.5 cm³/mol. The van der Waals surface area contributed by atoms with Crippen LogP contribution in [-0.2, 0) is 0 Å². The Labute approximate surface area is 108 Å². The lowest BCUT2D eigenvalue weighted by Crippen LogP contribution is -2.15. The Morgan fingerprint density at radius 1 is 1.06 bits per heavy atom. The molecule has 1 aromatic heterocycles. The summed E-state index contributed by atoms with van der Waals surface area (Å²) in [5.41, 5.74) is 4.22. The molecule has 2 heteroatoms. The Morgan fingerprint density at radius 3 is 2.28 bits per heavy atom. The number of aromatic amines is 1. The molecule has 1 heterocycles. The van der Waals surface area contributed by atoms with Gasteiger partial charge in [0, 0.05) is 22.2 Å². The highest BCUT2D eigenvalue weighted by Gasteiger charge is 2.13. The summed E-state index contributed by atoms with van der Waals surface area (Å²) in [6.45, 7) is 10.4. The maximum atomic E-state index is 12.5. The van der Waals surface area contributed by atoms with Gasteiger partial charge in [-0.15, -0.1) is 0 Å². The topological polar surface area (TPSA) is 32.9 Å². The van der Waals surface area contributed by atoms with Crippen molar-refractivity contribution in [2.45, 2.75) is 46.5 Å². The summed E-state index contributed by atoms with van der Waals surface area (Å²) in [4.78, 5) is 15.9. The summed E-state index contributed by atoms with van der Waals surface area (Å²) in [5, 5.41) is 0.815. The van der Waals surface area contributed by atoms with Crippen LogP contribution in [0.15, 0.2) is 23.0 Å². The second-order valence-electron chi connectivity index (χ2n) is 5.61. The van der Waals surface area contributed by atoms with Crippen molar-refractivity contribution in [3.05, 3.63) is 45.2 Å². The van der Waals surface area contributed by atoms with Crippen LogP contribution in [0, 0.1) is 6.92 Å².